The largest absolute Gasteiger partial charge is 0.481 e. The topological polar surface area (TPSA) is 61.0 Å². The van der Waals surface area contributed by atoms with Gasteiger partial charge in [0, 0.05) is 33.5 Å². The fourth-order valence-corrected chi connectivity index (χ4v) is 4.67. The van der Waals surface area contributed by atoms with E-state index in [9.17, 15) is 4.39 Å². The van der Waals surface area contributed by atoms with Crippen molar-refractivity contribution >= 4 is 27.2 Å². The average Bonchev–Trinajstić information content (AvgIpc) is 3.14. The zero-order valence-electron chi connectivity index (χ0n) is 16.5. The number of thiazole rings is 1. The maximum Gasteiger partial charge on any atom is 0.217 e. The lowest BCUT2D eigenvalue weighted by molar-refractivity contribution is 0.386. The molecule has 1 unspecified atom stereocenters. The van der Waals surface area contributed by atoms with Crippen LogP contribution in [-0.2, 0) is 0 Å². The van der Waals surface area contributed by atoms with Crippen LogP contribution in [0.3, 0.4) is 0 Å². The molecule has 2 aromatic carbocycles. The number of nitrogen functional groups attached to an aromatic ring is 1. The van der Waals surface area contributed by atoms with Gasteiger partial charge >= 0.3 is 0 Å². The van der Waals surface area contributed by atoms with Crippen molar-refractivity contribution in [1.29, 1.82) is 0 Å². The fourth-order valence-electron chi connectivity index (χ4n) is 3.69. The molecule has 1 atom stereocenters. The summed E-state index contributed by atoms with van der Waals surface area (Å²) in [6, 6.07) is 14.8. The Kier molecular flexibility index (Phi) is 5.20. The summed E-state index contributed by atoms with van der Waals surface area (Å²) in [5.74, 6) is 0.707. The Balaban J connectivity index is 1.80. The van der Waals surface area contributed by atoms with Gasteiger partial charge in [-0.1, -0.05) is 44.2 Å². The average molecular weight is 408 g/mol. The second-order valence-electron chi connectivity index (χ2n) is 7.29. The van der Waals surface area contributed by atoms with Gasteiger partial charge in [0.05, 0.1) is 12.8 Å². The lowest BCUT2D eigenvalue weighted by Gasteiger charge is -2.22. The van der Waals surface area contributed by atoms with E-state index in [-0.39, 0.29) is 11.7 Å². The number of aromatic nitrogens is 2. The molecule has 0 spiro atoms. The number of methoxy groups -OCH3 is 1. The zero-order chi connectivity index (χ0) is 20.5. The molecule has 4 rings (SSSR count). The smallest absolute Gasteiger partial charge is 0.217 e. The third-order valence-electron chi connectivity index (χ3n) is 5.06. The molecule has 2 heterocycles. The van der Waals surface area contributed by atoms with E-state index >= 15 is 0 Å². The molecule has 0 bridgehead atoms. The highest BCUT2D eigenvalue weighted by Gasteiger charge is 2.25. The number of hydrogen-bond acceptors (Lipinski definition) is 5. The number of anilines is 1. The van der Waals surface area contributed by atoms with Gasteiger partial charge in [-0.3, -0.25) is 0 Å². The van der Waals surface area contributed by atoms with E-state index in [1.54, 1.807) is 13.2 Å². The van der Waals surface area contributed by atoms with E-state index < -0.39 is 0 Å². The second kappa shape index (κ2) is 7.79. The predicted octanol–water partition coefficient (Wildman–Crippen LogP) is 5.88. The summed E-state index contributed by atoms with van der Waals surface area (Å²) in [6.07, 6.45) is 1.82. The summed E-state index contributed by atoms with van der Waals surface area (Å²) in [4.78, 5) is 10.0. The molecule has 6 heteroatoms. The molecule has 0 fully saturated rings. The van der Waals surface area contributed by atoms with Crippen molar-refractivity contribution in [2.45, 2.75) is 19.8 Å². The lowest BCUT2D eigenvalue weighted by atomic mass is 9.87. The van der Waals surface area contributed by atoms with Gasteiger partial charge in [-0.05, 0) is 29.5 Å². The number of pyridine rings is 1. The summed E-state index contributed by atoms with van der Waals surface area (Å²) in [7, 11) is 1.62. The summed E-state index contributed by atoms with van der Waals surface area (Å²) in [6.45, 7) is 4.31. The molecule has 29 heavy (non-hydrogen) atoms. The van der Waals surface area contributed by atoms with Crippen molar-refractivity contribution in [2.75, 3.05) is 12.8 Å². The van der Waals surface area contributed by atoms with E-state index in [2.05, 4.69) is 18.8 Å². The van der Waals surface area contributed by atoms with Gasteiger partial charge in [-0.25, -0.2) is 14.4 Å². The summed E-state index contributed by atoms with van der Waals surface area (Å²) < 4.78 is 19.9. The third kappa shape index (κ3) is 3.68. The summed E-state index contributed by atoms with van der Waals surface area (Å²) in [5, 5.41) is 1.99. The number of ether oxygens (including phenoxy) is 1. The van der Waals surface area contributed by atoms with Crippen molar-refractivity contribution in [2.24, 2.45) is 5.92 Å². The van der Waals surface area contributed by atoms with Gasteiger partial charge in [0.1, 0.15) is 5.82 Å². The Bertz CT molecular complexity index is 1170. The number of hydrogen-bond donors (Lipinski definition) is 1. The van der Waals surface area contributed by atoms with Crippen LogP contribution >= 0.6 is 11.3 Å². The summed E-state index contributed by atoms with van der Waals surface area (Å²) >= 11 is 1.48. The van der Waals surface area contributed by atoms with Crippen LogP contribution in [-0.4, -0.2) is 17.1 Å². The highest BCUT2D eigenvalue weighted by molar-refractivity contribution is 7.15. The van der Waals surface area contributed by atoms with E-state index in [0.29, 0.717) is 22.3 Å². The number of fused-ring (bicyclic) bond motifs is 1. The lowest BCUT2D eigenvalue weighted by Crippen LogP contribution is -2.10. The van der Waals surface area contributed by atoms with Crippen LogP contribution < -0.4 is 10.5 Å². The molecule has 2 N–H and O–H groups in total. The minimum Gasteiger partial charge on any atom is -0.481 e. The number of benzene rings is 2. The molecule has 0 aliphatic heterocycles. The standard InChI is InChI=1S/C23H22FN3OS/c1-13(2)21(20-12-26-23(25)29-20)16-9-10-19(27-22(16)28-3)15-8-7-14-5-4-6-18(24)17(14)11-15/h4-13,21H,1-3H3,(H2,25,26). The van der Waals surface area contributed by atoms with Crippen LogP contribution in [0.5, 0.6) is 5.88 Å². The van der Waals surface area contributed by atoms with Gasteiger partial charge in [-0.15, -0.1) is 11.3 Å². The first-order valence-electron chi connectivity index (χ1n) is 9.42. The number of halogens is 1. The fraction of sp³-hybridized carbons (Fsp3) is 0.217. The molecule has 0 aliphatic rings. The van der Waals surface area contributed by atoms with Crippen molar-refractivity contribution < 1.29 is 9.13 Å². The Hall–Kier alpha value is -2.99. The second-order valence-corrected chi connectivity index (χ2v) is 8.39. The van der Waals surface area contributed by atoms with Crippen LogP contribution in [0.4, 0.5) is 9.52 Å². The normalized spacial score (nSPS) is 12.4. The molecule has 0 saturated carbocycles. The van der Waals surface area contributed by atoms with Crippen molar-refractivity contribution in [1.82, 2.24) is 9.97 Å². The molecular formula is C23H22FN3OS. The maximum atomic E-state index is 14.2. The Morgan fingerprint density at radius 2 is 1.93 bits per heavy atom. The molecule has 0 amide bonds. The predicted molar refractivity (Wildman–Crippen MR) is 117 cm³/mol. The quantitative estimate of drug-likeness (QED) is 0.449. The molecular weight excluding hydrogens is 385 g/mol. The third-order valence-corrected chi connectivity index (χ3v) is 5.97. The first kappa shape index (κ1) is 19.3. The van der Waals surface area contributed by atoms with E-state index in [1.165, 1.54) is 17.4 Å². The Morgan fingerprint density at radius 3 is 2.62 bits per heavy atom. The molecule has 0 saturated heterocycles. The number of nitrogens with two attached hydrogens (primary N) is 1. The SMILES string of the molecule is COc1nc(-c2ccc3cccc(F)c3c2)ccc1C(c1cnc(N)s1)C(C)C. The van der Waals surface area contributed by atoms with Crippen LogP contribution in [0.1, 0.15) is 30.2 Å². The first-order chi connectivity index (χ1) is 14.0. The minimum absolute atomic E-state index is 0.0790. The summed E-state index contributed by atoms with van der Waals surface area (Å²) in [5.41, 5.74) is 8.42. The van der Waals surface area contributed by atoms with Crippen LogP contribution in [0.2, 0.25) is 0 Å². The highest BCUT2D eigenvalue weighted by Crippen LogP contribution is 2.40. The molecule has 4 aromatic rings. The van der Waals surface area contributed by atoms with Crippen LogP contribution in [0, 0.1) is 11.7 Å². The van der Waals surface area contributed by atoms with Crippen LogP contribution in [0.25, 0.3) is 22.0 Å². The molecule has 2 aromatic heterocycles. The minimum atomic E-state index is -0.240. The number of nitrogens with zero attached hydrogens (tertiary/aromatic N) is 2. The van der Waals surface area contributed by atoms with Gasteiger partial charge in [-0.2, -0.15) is 0 Å². The molecule has 148 valence electrons. The van der Waals surface area contributed by atoms with Gasteiger partial charge in [0.2, 0.25) is 5.88 Å². The number of rotatable bonds is 5. The molecule has 4 nitrogen and oxygen atoms in total. The monoisotopic (exact) mass is 407 g/mol. The first-order valence-corrected chi connectivity index (χ1v) is 10.2. The Morgan fingerprint density at radius 1 is 1.10 bits per heavy atom. The van der Waals surface area contributed by atoms with E-state index in [1.807, 2.05) is 42.6 Å². The van der Waals surface area contributed by atoms with Crippen molar-refractivity contribution in [3.8, 4) is 17.1 Å². The van der Waals surface area contributed by atoms with Crippen molar-refractivity contribution in [3.63, 3.8) is 0 Å². The van der Waals surface area contributed by atoms with Crippen LogP contribution in [0.15, 0.2) is 54.7 Å². The highest BCUT2D eigenvalue weighted by atomic mass is 32.1. The van der Waals surface area contributed by atoms with Gasteiger partial charge in [0.15, 0.2) is 5.13 Å². The van der Waals surface area contributed by atoms with Gasteiger partial charge in [0.25, 0.3) is 0 Å². The molecule has 0 aliphatic carbocycles. The van der Waals surface area contributed by atoms with E-state index in [4.69, 9.17) is 15.5 Å². The Labute approximate surface area is 173 Å². The zero-order valence-corrected chi connectivity index (χ0v) is 17.3. The maximum absolute atomic E-state index is 14.2. The van der Waals surface area contributed by atoms with Gasteiger partial charge < -0.3 is 10.5 Å². The molecule has 0 radical (unpaired) electrons. The van der Waals surface area contributed by atoms with E-state index in [0.717, 1.165) is 27.1 Å². The van der Waals surface area contributed by atoms with Crippen molar-refractivity contribution in [3.05, 3.63) is 71.0 Å².